The summed E-state index contributed by atoms with van der Waals surface area (Å²) in [5.74, 6) is -0.988. The van der Waals surface area contributed by atoms with Crippen molar-refractivity contribution in [3.05, 3.63) is 65.2 Å². The number of hydrogen-bond acceptors (Lipinski definition) is 6. The van der Waals surface area contributed by atoms with Crippen LogP contribution in [0.2, 0.25) is 0 Å². The Morgan fingerprint density at radius 2 is 1.52 bits per heavy atom. The normalized spacial score (nSPS) is 16.2. The molecule has 3 rings (SSSR count). The lowest BCUT2D eigenvalue weighted by Gasteiger charge is -2.26. The molecular weight excluding hydrogens is 394 g/mol. The third kappa shape index (κ3) is 4.90. The summed E-state index contributed by atoms with van der Waals surface area (Å²) in [4.78, 5) is 24.9. The van der Waals surface area contributed by atoms with Crippen LogP contribution < -0.4 is 0 Å². The lowest BCUT2D eigenvalue weighted by atomic mass is 10.1. The van der Waals surface area contributed by atoms with E-state index in [4.69, 9.17) is 9.47 Å². The molecule has 0 N–H and O–H groups in total. The average Bonchev–Trinajstić information content (AvgIpc) is 2.74. The first kappa shape index (κ1) is 21.2. The average molecular weight is 417 g/mol. The molecule has 2 aromatic rings. The highest BCUT2D eigenvalue weighted by Gasteiger charge is 2.27. The Morgan fingerprint density at radius 3 is 2.10 bits per heavy atom. The second kappa shape index (κ2) is 8.86. The van der Waals surface area contributed by atoms with Crippen LogP contribution in [0, 0.1) is 6.92 Å². The highest BCUT2D eigenvalue weighted by Crippen LogP contribution is 2.18. The Bertz CT molecular complexity index is 977. The predicted octanol–water partition coefficient (Wildman–Crippen LogP) is 2.44. The third-order valence-corrected chi connectivity index (χ3v) is 6.60. The quantitative estimate of drug-likeness (QED) is 0.530. The van der Waals surface area contributed by atoms with Gasteiger partial charge in [-0.1, -0.05) is 29.8 Å². The van der Waals surface area contributed by atoms with Crippen LogP contribution in [-0.4, -0.2) is 56.9 Å². The van der Waals surface area contributed by atoms with Gasteiger partial charge in [0.05, 0.1) is 23.7 Å². The van der Waals surface area contributed by atoms with Crippen LogP contribution in [-0.2, 0) is 19.5 Å². The van der Waals surface area contributed by atoms with Gasteiger partial charge in [-0.3, -0.25) is 4.79 Å². The Morgan fingerprint density at radius 1 is 0.966 bits per heavy atom. The summed E-state index contributed by atoms with van der Waals surface area (Å²) in [5.41, 5.74) is 1.66. The minimum atomic E-state index is -3.63. The Labute approximate surface area is 170 Å². The van der Waals surface area contributed by atoms with Gasteiger partial charge in [0.2, 0.25) is 15.8 Å². The minimum Gasteiger partial charge on any atom is -0.451 e. The predicted molar refractivity (Wildman–Crippen MR) is 106 cm³/mol. The van der Waals surface area contributed by atoms with Crippen molar-refractivity contribution in [3.63, 3.8) is 0 Å². The molecule has 1 atom stereocenters. The second-order valence-corrected chi connectivity index (χ2v) is 8.76. The van der Waals surface area contributed by atoms with E-state index in [1.165, 1.54) is 35.5 Å². The molecule has 0 bridgehead atoms. The van der Waals surface area contributed by atoms with Gasteiger partial charge in [0.25, 0.3) is 0 Å². The van der Waals surface area contributed by atoms with Crippen LogP contribution in [0.3, 0.4) is 0 Å². The lowest BCUT2D eigenvalue weighted by molar-refractivity contribution is 0.0318. The molecule has 0 saturated carbocycles. The van der Waals surface area contributed by atoms with Crippen molar-refractivity contribution in [3.8, 4) is 0 Å². The summed E-state index contributed by atoms with van der Waals surface area (Å²) in [6.07, 6.45) is -0.957. The number of morpholine rings is 1. The zero-order valence-electron chi connectivity index (χ0n) is 16.3. The van der Waals surface area contributed by atoms with Gasteiger partial charge in [-0.05, 0) is 38.1 Å². The molecule has 1 fully saturated rings. The Kier molecular flexibility index (Phi) is 6.46. The lowest BCUT2D eigenvalue weighted by Crippen LogP contribution is -2.40. The summed E-state index contributed by atoms with van der Waals surface area (Å²) in [6.45, 7) is 4.74. The van der Waals surface area contributed by atoms with E-state index in [2.05, 4.69) is 0 Å². The van der Waals surface area contributed by atoms with E-state index in [0.717, 1.165) is 5.56 Å². The molecule has 1 saturated heterocycles. The molecule has 7 nitrogen and oxygen atoms in total. The monoisotopic (exact) mass is 417 g/mol. The van der Waals surface area contributed by atoms with Gasteiger partial charge in [0, 0.05) is 18.7 Å². The van der Waals surface area contributed by atoms with E-state index in [9.17, 15) is 18.0 Å². The van der Waals surface area contributed by atoms with Gasteiger partial charge in [0.15, 0.2) is 6.10 Å². The largest absolute Gasteiger partial charge is 0.451 e. The molecule has 0 radical (unpaired) electrons. The highest BCUT2D eigenvalue weighted by molar-refractivity contribution is 7.89. The first-order valence-corrected chi connectivity index (χ1v) is 10.7. The fraction of sp³-hybridized carbons (Fsp3) is 0.333. The van der Waals surface area contributed by atoms with Crippen LogP contribution in [0.15, 0.2) is 53.4 Å². The van der Waals surface area contributed by atoms with Crippen molar-refractivity contribution in [1.82, 2.24) is 4.31 Å². The van der Waals surface area contributed by atoms with E-state index < -0.39 is 22.1 Å². The molecule has 0 spiro atoms. The smallest absolute Gasteiger partial charge is 0.338 e. The van der Waals surface area contributed by atoms with Gasteiger partial charge < -0.3 is 9.47 Å². The Hall–Kier alpha value is -2.55. The van der Waals surface area contributed by atoms with Gasteiger partial charge in [-0.15, -0.1) is 0 Å². The molecule has 1 heterocycles. The summed E-state index contributed by atoms with van der Waals surface area (Å²) < 4.78 is 37.0. The number of carbonyl (C=O) groups excluding carboxylic acids is 2. The number of benzene rings is 2. The van der Waals surface area contributed by atoms with Crippen LogP contribution in [0.1, 0.15) is 33.2 Å². The van der Waals surface area contributed by atoms with Gasteiger partial charge in [-0.2, -0.15) is 4.31 Å². The first-order chi connectivity index (χ1) is 13.8. The number of carbonyl (C=O) groups is 2. The van der Waals surface area contributed by atoms with Crippen molar-refractivity contribution in [1.29, 1.82) is 0 Å². The number of rotatable bonds is 6. The molecule has 0 amide bonds. The fourth-order valence-electron chi connectivity index (χ4n) is 2.93. The first-order valence-electron chi connectivity index (χ1n) is 9.29. The molecule has 154 valence electrons. The summed E-state index contributed by atoms with van der Waals surface area (Å²) in [5, 5.41) is 0. The molecule has 2 aromatic carbocycles. The number of aryl methyl sites for hydroxylation is 1. The van der Waals surface area contributed by atoms with Crippen molar-refractivity contribution in [2.75, 3.05) is 26.3 Å². The molecule has 1 aliphatic rings. The van der Waals surface area contributed by atoms with Gasteiger partial charge in [-0.25, -0.2) is 13.2 Å². The van der Waals surface area contributed by atoms with E-state index >= 15 is 0 Å². The number of ketones is 1. The summed E-state index contributed by atoms with van der Waals surface area (Å²) in [7, 11) is -3.63. The van der Waals surface area contributed by atoms with E-state index in [0.29, 0.717) is 31.9 Å². The number of Topliss-reactive ketones (excluding diaryl/α,β-unsaturated/α-hetero) is 1. The van der Waals surface area contributed by atoms with E-state index in [-0.39, 0.29) is 16.2 Å². The van der Waals surface area contributed by atoms with Gasteiger partial charge >= 0.3 is 5.97 Å². The van der Waals surface area contributed by atoms with Crippen molar-refractivity contribution >= 4 is 21.8 Å². The topological polar surface area (TPSA) is 90.0 Å². The molecule has 8 heteroatoms. The number of ether oxygens (including phenoxy) is 2. The maximum Gasteiger partial charge on any atom is 0.338 e. The zero-order valence-corrected chi connectivity index (χ0v) is 17.1. The standard InChI is InChI=1S/C21H23NO6S/c1-15-3-5-17(6-4-15)20(23)16(2)28-21(24)18-7-9-19(10-8-18)29(25,26)22-11-13-27-14-12-22/h3-10,16H,11-14H2,1-2H3/t16-/m0/s1. The van der Waals surface area contributed by atoms with E-state index in [1.54, 1.807) is 12.1 Å². The second-order valence-electron chi connectivity index (χ2n) is 6.82. The van der Waals surface area contributed by atoms with Crippen molar-refractivity contribution in [2.45, 2.75) is 24.8 Å². The maximum absolute atomic E-state index is 12.6. The summed E-state index contributed by atoms with van der Waals surface area (Å²) in [6, 6.07) is 12.5. The molecule has 29 heavy (non-hydrogen) atoms. The Balaban J connectivity index is 1.67. The molecule has 0 aromatic heterocycles. The van der Waals surface area contributed by atoms with Crippen LogP contribution in [0.5, 0.6) is 0 Å². The third-order valence-electron chi connectivity index (χ3n) is 4.69. The maximum atomic E-state index is 12.6. The molecule has 1 aliphatic heterocycles. The van der Waals surface area contributed by atoms with Crippen molar-refractivity contribution < 1.29 is 27.5 Å². The molecule has 0 unspecified atom stereocenters. The van der Waals surface area contributed by atoms with Crippen molar-refractivity contribution in [2.24, 2.45) is 0 Å². The highest BCUT2D eigenvalue weighted by atomic mass is 32.2. The number of hydrogen-bond donors (Lipinski definition) is 0. The minimum absolute atomic E-state index is 0.0970. The SMILES string of the molecule is Cc1ccc(C(=O)[C@H](C)OC(=O)c2ccc(S(=O)(=O)N3CCOCC3)cc2)cc1. The number of sulfonamides is 1. The molecule has 0 aliphatic carbocycles. The molecular formula is C21H23NO6S. The summed E-state index contributed by atoms with van der Waals surface area (Å²) >= 11 is 0. The van der Waals surface area contributed by atoms with E-state index in [1.807, 2.05) is 19.1 Å². The van der Waals surface area contributed by atoms with Gasteiger partial charge in [0.1, 0.15) is 0 Å². The van der Waals surface area contributed by atoms with Crippen LogP contribution in [0.4, 0.5) is 0 Å². The number of esters is 1. The van der Waals surface area contributed by atoms with Crippen LogP contribution >= 0.6 is 0 Å². The zero-order chi connectivity index (χ0) is 21.0. The van der Waals surface area contributed by atoms with Crippen LogP contribution in [0.25, 0.3) is 0 Å². The number of nitrogens with zero attached hydrogens (tertiary/aromatic N) is 1. The fourth-order valence-corrected chi connectivity index (χ4v) is 4.34.